The maximum absolute atomic E-state index is 12.9. The lowest BCUT2D eigenvalue weighted by Crippen LogP contribution is -2.27. The van der Waals surface area contributed by atoms with E-state index in [2.05, 4.69) is 29.2 Å². The smallest absolute Gasteiger partial charge is 0.406 e. The van der Waals surface area contributed by atoms with Crippen LogP contribution in [0.2, 0.25) is 5.02 Å². The van der Waals surface area contributed by atoms with Crippen LogP contribution in [-0.4, -0.2) is 45.2 Å². The predicted octanol–water partition coefficient (Wildman–Crippen LogP) is 5.40. The minimum atomic E-state index is -0.511. The van der Waals surface area contributed by atoms with Gasteiger partial charge in [0.05, 0.1) is 13.7 Å². The largest absolute Gasteiger partial charge is 0.453 e. The minimum Gasteiger partial charge on any atom is -0.453 e. The average molecular weight is 475 g/mol. The van der Waals surface area contributed by atoms with E-state index in [4.69, 9.17) is 16.3 Å². The number of hydrogen-bond donors (Lipinski definition) is 2. The van der Waals surface area contributed by atoms with Crippen molar-refractivity contribution in [2.45, 2.75) is 45.3 Å². The lowest BCUT2D eigenvalue weighted by molar-refractivity contribution is 0.0804. The number of carbonyl (C=O) groups is 2. The Morgan fingerprint density at radius 2 is 1.76 bits per heavy atom. The molecular formula is C26H35ClN2O4. The van der Waals surface area contributed by atoms with Gasteiger partial charge in [-0.2, -0.15) is 0 Å². The van der Waals surface area contributed by atoms with E-state index in [0.717, 1.165) is 24.0 Å². The van der Waals surface area contributed by atoms with Crippen molar-refractivity contribution in [1.29, 1.82) is 0 Å². The summed E-state index contributed by atoms with van der Waals surface area (Å²) in [4.78, 5) is 24.2. The molecule has 0 heterocycles. The fraction of sp³-hybridized carbons (Fsp3) is 0.462. The number of methoxy groups -OCH3 is 1. The Labute approximate surface area is 202 Å². The van der Waals surface area contributed by atoms with Crippen LogP contribution in [0, 0.1) is 5.92 Å². The fourth-order valence-electron chi connectivity index (χ4n) is 3.73. The number of alkyl carbamates (subject to hydrolysis) is 1. The molecule has 2 N–H and O–H groups in total. The summed E-state index contributed by atoms with van der Waals surface area (Å²) in [6, 6.07) is 15.3. The van der Waals surface area contributed by atoms with Gasteiger partial charge in [-0.15, -0.1) is 0 Å². The van der Waals surface area contributed by atoms with E-state index in [0.29, 0.717) is 35.5 Å². The molecule has 2 aromatic carbocycles. The van der Waals surface area contributed by atoms with E-state index in [1.807, 2.05) is 49.5 Å². The van der Waals surface area contributed by atoms with Crippen molar-refractivity contribution in [3.63, 3.8) is 0 Å². The molecule has 2 rings (SSSR count). The normalized spacial score (nSPS) is 12.9. The van der Waals surface area contributed by atoms with Crippen LogP contribution < -0.4 is 10.6 Å². The quantitative estimate of drug-likeness (QED) is 0.300. The molecule has 0 fully saturated rings. The maximum Gasteiger partial charge on any atom is 0.406 e. The van der Waals surface area contributed by atoms with E-state index >= 15 is 0 Å². The first-order valence-corrected chi connectivity index (χ1v) is 11.7. The van der Waals surface area contributed by atoms with Crippen LogP contribution in [0.25, 0.3) is 0 Å². The van der Waals surface area contributed by atoms with Gasteiger partial charge < -0.3 is 20.1 Å². The summed E-state index contributed by atoms with van der Waals surface area (Å²) in [5.74, 6) is 0.684. The number of ketones is 1. The van der Waals surface area contributed by atoms with Crippen molar-refractivity contribution in [2.24, 2.45) is 5.92 Å². The highest BCUT2D eigenvalue weighted by atomic mass is 35.5. The number of Topliss-reactive ketones (excluding diaryl/α,β-unsaturated/α-hetero) is 1. The summed E-state index contributed by atoms with van der Waals surface area (Å²) in [5, 5.41) is 6.52. The molecule has 0 aliphatic rings. The third-order valence-corrected chi connectivity index (χ3v) is 5.62. The van der Waals surface area contributed by atoms with Gasteiger partial charge in [0.25, 0.3) is 0 Å². The third kappa shape index (κ3) is 9.16. The van der Waals surface area contributed by atoms with Crippen LogP contribution in [0.15, 0.2) is 48.5 Å². The second kappa shape index (κ2) is 14.0. The summed E-state index contributed by atoms with van der Waals surface area (Å²) < 4.78 is 10.7. The first kappa shape index (κ1) is 26.8. The molecule has 6 nitrogen and oxygen atoms in total. The van der Waals surface area contributed by atoms with Crippen LogP contribution in [-0.2, 0) is 9.47 Å². The van der Waals surface area contributed by atoms with Crippen molar-refractivity contribution in [3.8, 4) is 0 Å². The zero-order valence-corrected chi connectivity index (χ0v) is 20.7. The molecule has 2 aromatic rings. The van der Waals surface area contributed by atoms with Gasteiger partial charge in [0, 0.05) is 29.6 Å². The zero-order chi connectivity index (χ0) is 24.2. The van der Waals surface area contributed by atoms with Crippen LogP contribution in [0.1, 0.15) is 60.7 Å². The number of benzene rings is 2. The molecule has 2 atom stereocenters. The van der Waals surface area contributed by atoms with Crippen molar-refractivity contribution in [2.75, 3.05) is 27.3 Å². The molecule has 0 aliphatic heterocycles. The number of ether oxygens (including phenoxy) is 2. The van der Waals surface area contributed by atoms with Gasteiger partial charge in [0.1, 0.15) is 6.10 Å². The second-order valence-electron chi connectivity index (χ2n) is 8.43. The van der Waals surface area contributed by atoms with Crippen molar-refractivity contribution < 1.29 is 19.1 Å². The molecule has 1 unspecified atom stereocenters. The molecule has 0 bridgehead atoms. The average Bonchev–Trinajstić information content (AvgIpc) is 2.81. The summed E-state index contributed by atoms with van der Waals surface area (Å²) in [6.07, 6.45) is 1.37. The Bertz CT molecular complexity index is 903. The lowest BCUT2D eigenvalue weighted by Gasteiger charge is -2.20. The van der Waals surface area contributed by atoms with E-state index in [1.54, 1.807) is 6.07 Å². The topological polar surface area (TPSA) is 76.7 Å². The number of amides is 1. The minimum absolute atomic E-state index is 0.109. The van der Waals surface area contributed by atoms with Gasteiger partial charge in [-0.3, -0.25) is 4.79 Å². The summed E-state index contributed by atoms with van der Waals surface area (Å²) in [5.41, 5.74) is 2.39. The highest BCUT2D eigenvalue weighted by Gasteiger charge is 2.18. The van der Waals surface area contributed by atoms with Crippen LogP contribution in [0.4, 0.5) is 4.79 Å². The summed E-state index contributed by atoms with van der Waals surface area (Å²) >= 11 is 6.21. The zero-order valence-electron chi connectivity index (χ0n) is 19.9. The summed E-state index contributed by atoms with van der Waals surface area (Å²) in [7, 11) is 3.26. The highest BCUT2D eigenvalue weighted by Crippen LogP contribution is 2.29. The molecule has 0 radical (unpaired) electrons. The number of nitrogens with one attached hydrogen (secondary N) is 2. The van der Waals surface area contributed by atoms with Crippen LogP contribution in [0.5, 0.6) is 0 Å². The van der Waals surface area contributed by atoms with Gasteiger partial charge in [-0.05, 0) is 55.1 Å². The molecule has 33 heavy (non-hydrogen) atoms. The van der Waals surface area contributed by atoms with Crippen molar-refractivity contribution >= 4 is 23.5 Å². The molecule has 0 aliphatic carbocycles. The molecule has 0 aromatic heterocycles. The Morgan fingerprint density at radius 1 is 1.06 bits per heavy atom. The molecule has 180 valence electrons. The molecular weight excluding hydrogens is 440 g/mol. The highest BCUT2D eigenvalue weighted by molar-refractivity contribution is 6.30. The monoisotopic (exact) mass is 474 g/mol. The van der Waals surface area contributed by atoms with Gasteiger partial charge in [-0.25, -0.2) is 4.79 Å². The molecule has 0 spiro atoms. The molecule has 7 heteroatoms. The predicted molar refractivity (Wildman–Crippen MR) is 132 cm³/mol. The Kier molecular flexibility index (Phi) is 11.4. The SMILES string of the molecule is CNC(CCC(=O)c1cccc([C@@H](OCCNC(=O)OC)c2cccc(Cl)c2)c1)CC(C)C. The first-order chi connectivity index (χ1) is 15.8. The van der Waals surface area contributed by atoms with E-state index in [9.17, 15) is 9.59 Å². The molecule has 0 saturated heterocycles. The van der Waals surface area contributed by atoms with Crippen LogP contribution in [0.3, 0.4) is 0 Å². The third-order valence-electron chi connectivity index (χ3n) is 5.39. The Hall–Kier alpha value is -2.41. The van der Waals surface area contributed by atoms with E-state index < -0.39 is 12.2 Å². The van der Waals surface area contributed by atoms with Gasteiger partial charge in [0.15, 0.2) is 5.78 Å². The number of rotatable bonds is 13. The Balaban J connectivity index is 2.15. The lowest BCUT2D eigenvalue weighted by atomic mass is 9.95. The fourth-order valence-corrected chi connectivity index (χ4v) is 3.93. The first-order valence-electron chi connectivity index (χ1n) is 11.3. The van der Waals surface area contributed by atoms with Crippen LogP contribution >= 0.6 is 11.6 Å². The van der Waals surface area contributed by atoms with Gasteiger partial charge in [-0.1, -0.05) is 55.8 Å². The number of carbonyl (C=O) groups excluding carboxylic acids is 2. The Morgan fingerprint density at radius 3 is 2.39 bits per heavy atom. The van der Waals surface area contributed by atoms with Crippen molar-refractivity contribution in [3.05, 3.63) is 70.2 Å². The van der Waals surface area contributed by atoms with E-state index in [1.165, 1.54) is 7.11 Å². The number of hydrogen-bond acceptors (Lipinski definition) is 5. The van der Waals surface area contributed by atoms with Gasteiger partial charge in [0.2, 0.25) is 0 Å². The number of halogens is 1. The summed E-state index contributed by atoms with van der Waals surface area (Å²) in [6.45, 7) is 4.94. The maximum atomic E-state index is 12.9. The van der Waals surface area contributed by atoms with E-state index in [-0.39, 0.29) is 12.4 Å². The second-order valence-corrected chi connectivity index (χ2v) is 8.86. The molecule has 1 amide bonds. The standard InChI is InChI=1S/C26H35ClN2O4/c1-18(2)15-23(28-3)11-12-24(30)19-7-5-8-20(16-19)25(21-9-6-10-22(27)17-21)33-14-13-29-26(31)32-4/h5-10,16-18,23,25,28H,11-15H2,1-4H3,(H,29,31)/t23?,25-/m1/s1. The van der Waals surface area contributed by atoms with Gasteiger partial charge >= 0.3 is 6.09 Å². The van der Waals surface area contributed by atoms with Crippen molar-refractivity contribution in [1.82, 2.24) is 10.6 Å². The molecule has 0 saturated carbocycles.